The number of carbonyl (C=O) groups excluding carboxylic acids is 3. The van der Waals surface area contributed by atoms with E-state index in [1.54, 1.807) is 0 Å². The van der Waals surface area contributed by atoms with Crippen LogP contribution in [-0.4, -0.2) is 19.2 Å². The Morgan fingerprint density at radius 3 is 1.54 bits per heavy atom. The molecule has 4 heteroatoms. The standard InChI is InChI=1S/C4H6O2.C2H6.CO2.2CH4/c1-3-4(5)6-2;1-2;2-1-3;;/h3H,1H2,2H3;1-2H3;;2*1H4. The van der Waals surface area contributed by atoms with Gasteiger partial charge in [-0.1, -0.05) is 35.3 Å². The van der Waals surface area contributed by atoms with E-state index in [2.05, 4.69) is 11.3 Å². The molecule has 0 amide bonds. The lowest BCUT2D eigenvalue weighted by Gasteiger charge is -1.83. The topological polar surface area (TPSA) is 60.4 Å². The van der Waals surface area contributed by atoms with Crippen molar-refractivity contribution in [2.45, 2.75) is 28.7 Å². The molecular weight excluding hydrogens is 172 g/mol. The van der Waals surface area contributed by atoms with Crippen LogP contribution in [-0.2, 0) is 19.1 Å². The largest absolute Gasteiger partial charge is 0.466 e. The fourth-order valence-electron chi connectivity index (χ4n) is 0.0833. The number of hydrogen-bond acceptors (Lipinski definition) is 4. The molecule has 0 saturated heterocycles. The first-order chi connectivity index (χ1) is 5.22. The zero-order chi connectivity index (χ0) is 9.70. The third-order valence-corrected chi connectivity index (χ3v) is 0.368. The van der Waals surface area contributed by atoms with Gasteiger partial charge in [0.05, 0.1) is 7.11 Å². The lowest BCUT2D eigenvalue weighted by atomic mass is 10.7. The third kappa shape index (κ3) is 116. The second kappa shape index (κ2) is 46.2. The number of rotatable bonds is 1. The highest BCUT2D eigenvalue weighted by molar-refractivity contribution is 5.80. The van der Waals surface area contributed by atoms with Crippen LogP contribution >= 0.6 is 0 Å². The second-order valence-electron chi connectivity index (χ2n) is 0.811. The lowest BCUT2D eigenvalue weighted by molar-refractivity contribution is -0.191. The maximum atomic E-state index is 9.84. The van der Waals surface area contributed by atoms with Crippen molar-refractivity contribution in [1.82, 2.24) is 0 Å². The molecule has 0 aromatic heterocycles. The maximum Gasteiger partial charge on any atom is 0.373 e. The number of ether oxygens (including phenoxy) is 1. The molecule has 80 valence electrons. The molecule has 0 radical (unpaired) electrons. The molecule has 0 aromatic rings. The van der Waals surface area contributed by atoms with Gasteiger partial charge in [0.25, 0.3) is 0 Å². The van der Waals surface area contributed by atoms with Crippen LogP contribution in [0.15, 0.2) is 12.7 Å². The van der Waals surface area contributed by atoms with Crippen molar-refractivity contribution >= 4 is 12.1 Å². The molecule has 0 fully saturated rings. The van der Waals surface area contributed by atoms with Gasteiger partial charge in [0, 0.05) is 6.08 Å². The van der Waals surface area contributed by atoms with Crippen LogP contribution in [0, 0.1) is 0 Å². The van der Waals surface area contributed by atoms with Crippen LogP contribution in [0.3, 0.4) is 0 Å². The van der Waals surface area contributed by atoms with Crippen LogP contribution in [0.5, 0.6) is 0 Å². The molecule has 0 aliphatic carbocycles. The van der Waals surface area contributed by atoms with Gasteiger partial charge in [-0.2, -0.15) is 9.59 Å². The highest BCUT2D eigenvalue weighted by Crippen LogP contribution is 1.67. The Labute approximate surface area is 80.6 Å². The Balaban J connectivity index is -0.0000000268. The van der Waals surface area contributed by atoms with Crippen LogP contribution < -0.4 is 0 Å². The van der Waals surface area contributed by atoms with Crippen molar-refractivity contribution in [2.75, 3.05) is 7.11 Å². The second-order valence-corrected chi connectivity index (χ2v) is 0.811. The summed E-state index contributed by atoms with van der Waals surface area (Å²) < 4.78 is 4.14. The summed E-state index contributed by atoms with van der Waals surface area (Å²) in [7, 11) is 1.31. The molecule has 0 aromatic carbocycles. The van der Waals surface area contributed by atoms with Crippen molar-refractivity contribution < 1.29 is 19.1 Å². The Morgan fingerprint density at radius 2 is 1.54 bits per heavy atom. The molecule has 0 bridgehead atoms. The fraction of sp³-hybridized carbons (Fsp3) is 0.556. The van der Waals surface area contributed by atoms with E-state index in [0.29, 0.717) is 0 Å². The van der Waals surface area contributed by atoms with Gasteiger partial charge in [-0.05, 0) is 0 Å². The number of methoxy groups -OCH3 is 1. The number of esters is 1. The summed E-state index contributed by atoms with van der Waals surface area (Å²) in [5.74, 6) is -0.394. The molecule has 0 aliphatic rings. The van der Waals surface area contributed by atoms with Gasteiger partial charge in [-0.3, -0.25) is 0 Å². The minimum absolute atomic E-state index is 0. The summed E-state index contributed by atoms with van der Waals surface area (Å²) in [5.41, 5.74) is 0. The van der Waals surface area contributed by atoms with Crippen molar-refractivity contribution in [1.29, 1.82) is 0 Å². The van der Waals surface area contributed by atoms with Crippen molar-refractivity contribution in [3.05, 3.63) is 12.7 Å². The Kier molecular flexibility index (Phi) is 106. The van der Waals surface area contributed by atoms with Gasteiger partial charge >= 0.3 is 12.1 Å². The molecule has 0 spiro atoms. The summed E-state index contributed by atoms with van der Waals surface area (Å²) in [6.07, 6.45) is 1.36. The van der Waals surface area contributed by atoms with Crippen LogP contribution in [0.25, 0.3) is 0 Å². The Hall–Kier alpha value is -1.41. The summed E-state index contributed by atoms with van der Waals surface area (Å²) in [6.45, 7) is 7.16. The molecule has 0 rings (SSSR count). The van der Waals surface area contributed by atoms with E-state index in [1.165, 1.54) is 7.11 Å². The summed E-state index contributed by atoms with van der Waals surface area (Å²) >= 11 is 0. The lowest BCUT2D eigenvalue weighted by Crippen LogP contribution is -1.91. The molecule has 0 saturated carbocycles. The van der Waals surface area contributed by atoms with Gasteiger partial charge in [0.2, 0.25) is 0 Å². The molecule has 0 aliphatic heterocycles. The van der Waals surface area contributed by atoms with Gasteiger partial charge in [-0.15, -0.1) is 0 Å². The van der Waals surface area contributed by atoms with Crippen molar-refractivity contribution in [2.24, 2.45) is 0 Å². The first-order valence-corrected chi connectivity index (χ1v) is 2.92. The fourth-order valence-corrected chi connectivity index (χ4v) is 0.0833. The van der Waals surface area contributed by atoms with Crippen molar-refractivity contribution in [3.63, 3.8) is 0 Å². The summed E-state index contributed by atoms with van der Waals surface area (Å²) in [4.78, 5) is 26.1. The van der Waals surface area contributed by atoms with Gasteiger partial charge in [0.1, 0.15) is 0 Å². The molecular formula is C9H20O4. The average Bonchev–Trinajstić information content (AvgIpc) is 2.08. The van der Waals surface area contributed by atoms with Crippen molar-refractivity contribution in [3.8, 4) is 0 Å². The summed E-state index contributed by atoms with van der Waals surface area (Å²) in [5, 5.41) is 0. The van der Waals surface area contributed by atoms with Gasteiger partial charge in [-0.25, -0.2) is 4.79 Å². The average molecular weight is 192 g/mol. The third-order valence-electron chi connectivity index (χ3n) is 0.368. The minimum Gasteiger partial charge on any atom is -0.466 e. The smallest absolute Gasteiger partial charge is 0.373 e. The minimum atomic E-state index is -0.394. The van der Waals surface area contributed by atoms with E-state index in [4.69, 9.17) is 9.59 Å². The zero-order valence-electron chi connectivity index (χ0n) is 6.92. The van der Waals surface area contributed by atoms with E-state index in [-0.39, 0.29) is 21.0 Å². The normalized spacial score (nSPS) is 4.23. The van der Waals surface area contributed by atoms with E-state index >= 15 is 0 Å². The quantitative estimate of drug-likeness (QED) is 0.471. The van der Waals surface area contributed by atoms with Gasteiger partial charge < -0.3 is 4.74 Å². The van der Waals surface area contributed by atoms with E-state index in [9.17, 15) is 4.79 Å². The van der Waals surface area contributed by atoms with E-state index in [1.807, 2.05) is 13.8 Å². The predicted molar refractivity (Wildman–Crippen MR) is 52.0 cm³/mol. The van der Waals surface area contributed by atoms with Crippen LogP contribution in [0.2, 0.25) is 0 Å². The monoisotopic (exact) mass is 192 g/mol. The SMILES string of the molecule is C.C.C=CC(=O)OC.CC.O=C=O. The zero-order valence-corrected chi connectivity index (χ0v) is 6.92. The number of hydrogen-bond donors (Lipinski definition) is 0. The number of carbonyl (C=O) groups is 1. The molecule has 0 N–H and O–H groups in total. The highest BCUT2D eigenvalue weighted by Gasteiger charge is 1.81. The first-order valence-electron chi connectivity index (χ1n) is 2.92. The predicted octanol–water partition coefficient (Wildman–Crippen LogP) is 2.06. The van der Waals surface area contributed by atoms with Crippen LogP contribution in [0.1, 0.15) is 28.7 Å². The molecule has 0 atom stereocenters. The van der Waals surface area contributed by atoms with Crippen LogP contribution in [0.4, 0.5) is 0 Å². The molecule has 0 unspecified atom stereocenters. The molecule has 13 heavy (non-hydrogen) atoms. The molecule has 0 heterocycles. The molecule has 4 nitrogen and oxygen atoms in total. The van der Waals surface area contributed by atoms with E-state index < -0.39 is 5.97 Å². The van der Waals surface area contributed by atoms with Gasteiger partial charge in [0.15, 0.2) is 0 Å². The maximum absolute atomic E-state index is 9.84. The first kappa shape index (κ1) is 29.9. The summed E-state index contributed by atoms with van der Waals surface area (Å²) in [6, 6.07) is 0. The van der Waals surface area contributed by atoms with E-state index in [0.717, 1.165) is 6.08 Å². The Bertz CT molecular complexity index is 124. The Morgan fingerprint density at radius 1 is 1.31 bits per heavy atom. The highest BCUT2D eigenvalue weighted by atomic mass is 16.5.